The minimum absolute atomic E-state index is 0.0129. The number of hydrogen-bond acceptors (Lipinski definition) is 6. The average Bonchev–Trinajstić information content (AvgIpc) is 2.96. The van der Waals surface area contributed by atoms with E-state index in [1.54, 1.807) is 18.2 Å². The van der Waals surface area contributed by atoms with Gasteiger partial charge >= 0.3 is 5.97 Å². The molecule has 2 aliphatic rings. The molecule has 0 bridgehead atoms. The summed E-state index contributed by atoms with van der Waals surface area (Å²) in [4.78, 5) is 34.2. The molecule has 146 valence electrons. The lowest BCUT2D eigenvalue weighted by atomic mass is 9.94. The second-order valence-electron chi connectivity index (χ2n) is 6.78. The Balaban J connectivity index is 1.46. The van der Waals surface area contributed by atoms with E-state index >= 15 is 0 Å². The van der Waals surface area contributed by atoms with Gasteiger partial charge in [0.2, 0.25) is 5.91 Å². The molecule has 27 heavy (non-hydrogen) atoms. The van der Waals surface area contributed by atoms with Crippen molar-refractivity contribution in [2.24, 2.45) is 0 Å². The number of rotatable bonds is 6. The van der Waals surface area contributed by atoms with Gasteiger partial charge in [0.25, 0.3) is 11.7 Å². The Morgan fingerprint density at radius 1 is 1.11 bits per heavy atom. The van der Waals surface area contributed by atoms with Gasteiger partial charge in [0.15, 0.2) is 18.1 Å². The lowest BCUT2D eigenvalue weighted by molar-refractivity contribution is -0.147. The van der Waals surface area contributed by atoms with E-state index in [0.717, 1.165) is 25.7 Å². The number of anilines is 1. The summed E-state index contributed by atoms with van der Waals surface area (Å²) in [6, 6.07) is 5.21. The molecule has 2 amide bonds. The highest BCUT2D eigenvalue weighted by molar-refractivity contribution is 5.93. The molecule has 0 unspecified atom stereocenters. The van der Waals surface area contributed by atoms with Crippen molar-refractivity contribution >= 4 is 23.5 Å². The third kappa shape index (κ3) is 5.12. The molecule has 3 rings (SSSR count). The number of amides is 2. The monoisotopic (exact) mass is 376 g/mol. The van der Waals surface area contributed by atoms with E-state index in [4.69, 9.17) is 14.2 Å². The Morgan fingerprint density at radius 3 is 2.59 bits per heavy atom. The highest BCUT2D eigenvalue weighted by Gasteiger charge is 2.42. The predicted octanol–water partition coefficient (Wildman–Crippen LogP) is 2.13. The normalized spacial score (nSPS) is 16.6. The van der Waals surface area contributed by atoms with Crippen molar-refractivity contribution in [2.75, 3.05) is 18.5 Å². The smallest absolute Gasteiger partial charge is 0.308 e. The predicted molar refractivity (Wildman–Crippen MR) is 96.4 cm³/mol. The Morgan fingerprint density at radius 2 is 1.85 bits per heavy atom. The SMILES string of the molecule is CC(=O)NCCC(=O)OCC(=O)Nc1ccc2c(c1)OC1(CCCCC1)O2. The van der Waals surface area contributed by atoms with E-state index < -0.39 is 24.3 Å². The molecule has 1 aliphatic heterocycles. The summed E-state index contributed by atoms with van der Waals surface area (Å²) in [6.45, 7) is 1.15. The zero-order chi connectivity index (χ0) is 19.3. The number of benzene rings is 1. The summed E-state index contributed by atoms with van der Waals surface area (Å²) in [5, 5.41) is 5.16. The number of ether oxygens (including phenoxy) is 3. The molecule has 1 heterocycles. The molecular weight excluding hydrogens is 352 g/mol. The van der Waals surface area contributed by atoms with E-state index in [9.17, 15) is 14.4 Å². The van der Waals surface area contributed by atoms with E-state index in [1.807, 2.05) is 0 Å². The number of esters is 1. The first-order valence-corrected chi connectivity index (χ1v) is 9.18. The Kier molecular flexibility index (Phi) is 5.83. The zero-order valence-corrected chi connectivity index (χ0v) is 15.3. The lowest BCUT2D eigenvalue weighted by Gasteiger charge is -2.31. The number of nitrogens with one attached hydrogen (secondary N) is 2. The molecule has 0 radical (unpaired) electrons. The lowest BCUT2D eigenvalue weighted by Crippen LogP contribution is -2.40. The van der Waals surface area contributed by atoms with Crippen LogP contribution in [0.25, 0.3) is 0 Å². The first-order valence-electron chi connectivity index (χ1n) is 9.18. The van der Waals surface area contributed by atoms with Crippen LogP contribution in [0.3, 0.4) is 0 Å². The van der Waals surface area contributed by atoms with E-state index in [0.29, 0.717) is 17.2 Å². The standard InChI is InChI=1S/C19H24N2O6/c1-13(22)20-10-7-18(24)25-12-17(23)21-14-5-6-15-16(11-14)27-19(26-15)8-3-2-4-9-19/h5-6,11H,2-4,7-10,12H2,1H3,(H,20,22)(H,21,23). The maximum absolute atomic E-state index is 12.0. The summed E-state index contributed by atoms with van der Waals surface area (Å²) in [5.74, 6) is -0.496. The average molecular weight is 376 g/mol. The number of hydrogen-bond donors (Lipinski definition) is 2. The highest BCUT2D eigenvalue weighted by atomic mass is 16.7. The van der Waals surface area contributed by atoms with Gasteiger partial charge in [-0.1, -0.05) is 6.42 Å². The van der Waals surface area contributed by atoms with Gasteiger partial charge in [-0.25, -0.2) is 0 Å². The summed E-state index contributed by atoms with van der Waals surface area (Å²) in [7, 11) is 0. The number of carbonyl (C=O) groups excluding carboxylic acids is 3. The largest absolute Gasteiger partial charge is 0.456 e. The van der Waals surface area contributed by atoms with Crippen LogP contribution in [-0.2, 0) is 19.1 Å². The van der Waals surface area contributed by atoms with Gasteiger partial charge in [0, 0.05) is 38.1 Å². The minimum atomic E-state index is -0.563. The molecule has 2 N–H and O–H groups in total. The van der Waals surface area contributed by atoms with Crippen molar-refractivity contribution in [2.45, 2.75) is 51.2 Å². The van der Waals surface area contributed by atoms with Crippen LogP contribution in [0.4, 0.5) is 5.69 Å². The Bertz CT molecular complexity index is 727. The molecule has 1 fully saturated rings. The molecule has 1 aromatic carbocycles. The van der Waals surface area contributed by atoms with E-state index in [2.05, 4.69) is 10.6 Å². The third-order valence-corrected chi connectivity index (χ3v) is 4.50. The van der Waals surface area contributed by atoms with E-state index in [1.165, 1.54) is 13.3 Å². The summed E-state index contributed by atoms with van der Waals surface area (Å²) in [6.07, 6.45) is 5.07. The topological polar surface area (TPSA) is 103 Å². The zero-order valence-electron chi connectivity index (χ0n) is 15.3. The first-order chi connectivity index (χ1) is 13.0. The number of fused-ring (bicyclic) bond motifs is 1. The minimum Gasteiger partial charge on any atom is -0.456 e. The van der Waals surface area contributed by atoms with Gasteiger partial charge in [-0.05, 0) is 25.0 Å². The van der Waals surface area contributed by atoms with Crippen LogP contribution in [0, 0.1) is 0 Å². The van der Waals surface area contributed by atoms with Crippen LogP contribution >= 0.6 is 0 Å². The molecule has 0 atom stereocenters. The van der Waals surface area contributed by atoms with Gasteiger partial charge in [-0.2, -0.15) is 0 Å². The van der Waals surface area contributed by atoms with Crippen molar-refractivity contribution in [3.63, 3.8) is 0 Å². The van der Waals surface area contributed by atoms with Crippen LogP contribution < -0.4 is 20.1 Å². The molecule has 0 aromatic heterocycles. The van der Waals surface area contributed by atoms with Crippen LogP contribution in [0.5, 0.6) is 11.5 Å². The Hall–Kier alpha value is -2.77. The van der Waals surface area contributed by atoms with E-state index in [-0.39, 0.29) is 18.9 Å². The summed E-state index contributed by atoms with van der Waals surface area (Å²) >= 11 is 0. The van der Waals surface area contributed by atoms with Crippen molar-refractivity contribution in [1.82, 2.24) is 5.32 Å². The van der Waals surface area contributed by atoms with Crippen LogP contribution in [0.1, 0.15) is 45.4 Å². The highest BCUT2D eigenvalue weighted by Crippen LogP contribution is 2.46. The van der Waals surface area contributed by atoms with Crippen molar-refractivity contribution in [3.8, 4) is 11.5 Å². The molecule has 1 saturated carbocycles. The molecule has 1 spiro atoms. The second-order valence-corrected chi connectivity index (χ2v) is 6.78. The fourth-order valence-corrected chi connectivity index (χ4v) is 3.22. The number of carbonyl (C=O) groups is 3. The molecule has 8 heteroatoms. The van der Waals surface area contributed by atoms with Crippen LogP contribution in [-0.4, -0.2) is 36.7 Å². The summed E-state index contributed by atoms with van der Waals surface area (Å²) < 4.78 is 16.9. The first kappa shape index (κ1) is 19.0. The molecular formula is C19H24N2O6. The van der Waals surface area contributed by atoms with Gasteiger partial charge in [-0.3, -0.25) is 14.4 Å². The fourth-order valence-electron chi connectivity index (χ4n) is 3.22. The molecule has 1 aromatic rings. The van der Waals surface area contributed by atoms with Gasteiger partial charge in [0.1, 0.15) is 0 Å². The molecule has 0 saturated heterocycles. The van der Waals surface area contributed by atoms with Gasteiger partial charge in [0.05, 0.1) is 6.42 Å². The van der Waals surface area contributed by atoms with Crippen molar-refractivity contribution < 1.29 is 28.6 Å². The molecule has 8 nitrogen and oxygen atoms in total. The van der Waals surface area contributed by atoms with Crippen LogP contribution in [0.2, 0.25) is 0 Å². The van der Waals surface area contributed by atoms with Crippen molar-refractivity contribution in [1.29, 1.82) is 0 Å². The third-order valence-electron chi connectivity index (χ3n) is 4.50. The molecule has 1 aliphatic carbocycles. The maximum atomic E-state index is 12.0. The fraction of sp³-hybridized carbons (Fsp3) is 0.526. The van der Waals surface area contributed by atoms with Crippen LogP contribution in [0.15, 0.2) is 18.2 Å². The maximum Gasteiger partial charge on any atom is 0.308 e. The Labute approximate surface area is 157 Å². The van der Waals surface area contributed by atoms with Gasteiger partial charge < -0.3 is 24.8 Å². The second kappa shape index (κ2) is 8.28. The van der Waals surface area contributed by atoms with Crippen molar-refractivity contribution in [3.05, 3.63) is 18.2 Å². The quantitative estimate of drug-likeness (QED) is 0.737. The van der Waals surface area contributed by atoms with Gasteiger partial charge in [-0.15, -0.1) is 0 Å². The summed E-state index contributed by atoms with van der Waals surface area (Å²) in [5.41, 5.74) is 0.546.